The summed E-state index contributed by atoms with van der Waals surface area (Å²) in [6.07, 6.45) is 3.14. The van der Waals surface area contributed by atoms with Crippen molar-refractivity contribution in [1.29, 1.82) is 5.26 Å². The molecular formula is C9H12N4S. The summed E-state index contributed by atoms with van der Waals surface area (Å²) in [5.41, 5.74) is 0.363. The molecule has 0 N–H and O–H groups in total. The molecule has 5 heteroatoms. The summed E-state index contributed by atoms with van der Waals surface area (Å²) < 4.78 is 0. The van der Waals surface area contributed by atoms with E-state index in [0.717, 1.165) is 17.3 Å². The van der Waals surface area contributed by atoms with Crippen molar-refractivity contribution in [2.24, 2.45) is 0 Å². The molecule has 14 heavy (non-hydrogen) atoms. The first kappa shape index (κ1) is 11.0. The summed E-state index contributed by atoms with van der Waals surface area (Å²) in [4.78, 5) is 10.2. The molecule has 0 aliphatic rings. The van der Waals surface area contributed by atoms with Gasteiger partial charge in [-0.1, -0.05) is 0 Å². The quantitative estimate of drug-likeness (QED) is 0.691. The van der Waals surface area contributed by atoms with Crippen LogP contribution in [0.3, 0.4) is 0 Å². The molecule has 4 nitrogen and oxygen atoms in total. The molecule has 0 spiro atoms. The molecule has 74 valence electrons. The largest absolute Gasteiger partial charge is 0.309 e. The van der Waals surface area contributed by atoms with E-state index in [-0.39, 0.29) is 0 Å². The van der Waals surface area contributed by atoms with Crippen LogP contribution in [0.1, 0.15) is 5.69 Å². The molecule has 0 saturated heterocycles. The lowest BCUT2D eigenvalue weighted by molar-refractivity contribution is 0.437. The first-order chi connectivity index (χ1) is 6.72. The molecule has 0 atom stereocenters. The molecule has 0 aliphatic heterocycles. The number of rotatable bonds is 4. The van der Waals surface area contributed by atoms with Gasteiger partial charge in [-0.05, 0) is 14.1 Å². The second-order valence-electron chi connectivity index (χ2n) is 3.00. The zero-order chi connectivity index (χ0) is 10.4. The van der Waals surface area contributed by atoms with Crippen LogP contribution in [-0.4, -0.2) is 41.3 Å². The second-order valence-corrected chi connectivity index (χ2v) is 4.12. The lowest BCUT2D eigenvalue weighted by Crippen LogP contribution is -2.14. The van der Waals surface area contributed by atoms with Crippen LogP contribution in [0.25, 0.3) is 0 Å². The predicted octanol–water partition coefficient (Wildman–Crippen LogP) is 1.00. The highest BCUT2D eigenvalue weighted by atomic mass is 32.2. The van der Waals surface area contributed by atoms with E-state index >= 15 is 0 Å². The summed E-state index contributed by atoms with van der Waals surface area (Å²) in [7, 11) is 4.07. The number of aromatic nitrogens is 2. The molecular weight excluding hydrogens is 196 g/mol. The van der Waals surface area contributed by atoms with Crippen LogP contribution < -0.4 is 0 Å². The lowest BCUT2D eigenvalue weighted by Gasteiger charge is -2.07. The van der Waals surface area contributed by atoms with E-state index in [0.29, 0.717) is 5.69 Å². The van der Waals surface area contributed by atoms with Crippen molar-refractivity contribution in [2.75, 3.05) is 26.4 Å². The normalized spacial score (nSPS) is 10.1. The molecule has 0 aliphatic carbocycles. The SMILES string of the molecule is CN(C)CCSc1cnc(C#N)cn1. The summed E-state index contributed by atoms with van der Waals surface area (Å²) in [6, 6.07) is 1.94. The van der Waals surface area contributed by atoms with Crippen molar-refractivity contribution in [3.8, 4) is 6.07 Å². The number of thioether (sulfide) groups is 1. The minimum atomic E-state index is 0.363. The Morgan fingerprint density at radius 2 is 2.21 bits per heavy atom. The molecule has 0 unspecified atom stereocenters. The van der Waals surface area contributed by atoms with E-state index < -0.39 is 0 Å². The fourth-order valence-electron chi connectivity index (χ4n) is 0.781. The van der Waals surface area contributed by atoms with Crippen molar-refractivity contribution < 1.29 is 0 Å². The maximum atomic E-state index is 8.51. The van der Waals surface area contributed by atoms with E-state index in [1.165, 1.54) is 6.20 Å². The van der Waals surface area contributed by atoms with Gasteiger partial charge in [-0.3, -0.25) is 0 Å². The summed E-state index contributed by atoms with van der Waals surface area (Å²) >= 11 is 1.64. The maximum absolute atomic E-state index is 8.51. The minimum Gasteiger partial charge on any atom is -0.309 e. The molecule has 0 amide bonds. The van der Waals surface area contributed by atoms with Crippen molar-refractivity contribution in [2.45, 2.75) is 5.03 Å². The molecule has 0 fully saturated rings. The Bertz CT molecular complexity index is 315. The highest BCUT2D eigenvalue weighted by Gasteiger charge is 1.97. The zero-order valence-electron chi connectivity index (χ0n) is 8.27. The monoisotopic (exact) mass is 208 g/mol. The third-order valence-corrected chi connectivity index (χ3v) is 2.42. The fourth-order valence-corrected chi connectivity index (χ4v) is 1.70. The van der Waals surface area contributed by atoms with E-state index in [4.69, 9.17) is 5.26 Å². The van der Waals surface area contributed by atoms with Gasteiger partial charge in [-0.2, -0.15) is 5.26 Å². The Hall–Kier alpha value is -1.12. The smallest absolute Gasteiger partial charge is 0.158 e. The summed E-state index contributed by atoms with van der Waals surface area (Å²) in [5, 5.41) is 9.38. The third kappa shape index (κ3) is 3.73. The van der Waals surface area contributed by atoms with Crippen molar-refractivity contribution in [3.63, 3.8) is 0 Å². The average molecular weight is 208 g/mol. The standard InChI is InChI=1S/C9H12N4S/c1-13(2)3-4-14-9-7-11-8(5-10)6-12-9/h6-7H,3-4H2,1-2H3. The van der Waals surface area contributed by atoms with Crippen LogP contribution in [0, 0.1) is 11.3 Å². The number of nitrogens with zero attached hydrogens (tertiary/aromatic N) is 4. The van der Waals surface area contributed by atoms with Gasteiger partial charge in [0.05, 0.1) is 12.4 Å². The molecule has 0 aromatic carbocycles. The predicted molar refractivity (Wildman–Crippen MR) is 56.0 cm³/mol. The first-order valence-corrected chi connectivity index (χ1v) is 5.20. The van der Waals surface area contributed by atoms with Gasteiger partial charge in [-0.15, -0.1) is 11.8 Å². The Labute approximate surface area is 88.0 Å². The van der Waals surface area contributed by atoms with E-state index in [1.807, 2.05) is 20.2 Å². The number of hydrogen-bond acceptors (Lipinski definition) is 5. The molecule has 1 aromatic rings. The van der Waals surface area contributed by atoms with Crippen LogP contribution in [0.15, 0.2) is 17.4 Å². The summed E-state index contributed by atoms with van der Waals surface area (Å²) in [6.45, 7) is 1.01. The molecule has 0 bridgehead atoms. The number of nitriles is 1. The Balaban J connectivity index is 2.41. The Morgan fingerprint density at radius 3 is 2.71 bits per heavy atom. The Morgan fingerprint density at radius 1 is 1.43 bits per heavy atom. The van der Waals surface area contributed by atoms with Gasteiger partial charge in [0.15, 0.2) is 5.69 Å². The van der Waals surface area contributed by atoms with Gasteiger partial charge in [0.1, 0.15) is 11.1 Å². The molecule has 0 saturated carbocycles. The van der Waals surface area contributed by atoms with Crippen molar-refractivity contribution in [1.82, 2.24) is 14.9 Å². The molecule has 1 heterocycles. The van der Waals surface area contributed by atoms with Crippen LogP contribution >= 0.6 is 11.8 Å². The maximum Gasteiger partial charge on any atom is 0.158 e. The van der Waals surface area contributed by atoms with Crippen LogP contribution in [0.4, 0.5) is 0 Å². The lowest BCUT2D eigenvalue weighted by atomic mass is 10.5. The van der Waals surface area contributed by atoms with Crippen LogP contribution in [0.5, 0.6) is 0 Å². The van der Waals surface area contributed by atoms with E-state index in [9.17, 15) is 0 Å². The highest BCUT2D eigenvalue weighted by molar-refractivity contribution is 7.99. The van der Waals surface area contributed by atoms with Crippen LogP contribution in [0.2, 0.25) is 0 Å². The molecule has 1 aromatic heterocycles. The van der Waals surface area contributed by atoms with Gasteiger partial charge in [0.25, 0.3) is 0 Å². The van der Waals surface area contributed by atoms with Gasteiger partial charge in [0.2, 0.25) is 0 Å². The van der Waals surface area contributed by atoms with E-state index in [1.54, 1.807) is 18.0 Å². The Kier molecular flexibility index (Phi) is 4.36. The second kappa shape index (κ2) is 5.58. The van der Waals surface area contributed by atoms with Crippen molar-refractivity contribution in [3.05, 3.63) is 18.1 Å². The van der Waals surface area contributed by atoms with E-state index in [2.05, 4.69) is 14.9 Å². The van der Waals surface area contributed by atoms with Crippen molar-refractivity contribution >= 4 is 11.8 Å². The fraction of sp³-hybridized carbons (Fsp3) is 0.444. The van der Waals surface area contributed by atoms with Crippen LogP contribution in [-0.2, 0) is 0 Å². The molecule has 1 rings (SSSR count). The average Bonchev–Trinajstić information content (AvgIpc) is 2.18. The topological polar surface area (TPSA) is 52.8 Å². The van der Waals surface area contributed by atoms with Gasteiger partial charge < -0.3 is 4.90 Å². The van der Waals surface area contributed by atoms with Gasteiger partial charge in [-0.25, -0.2) is 9.97 Å². The summed E-state index contributed by atoms with van der Waals surface area (Å²) in [5.74, 6) is 0.980. The highest BCUT2D eigenvalue weighted by Crippen LogP contribution is 2.12. The third-order valence-electron chi connectivity index (χ3n) is 1.53. The minimum absolute atomic E-state index is 0.363. The first-order valence-electron chi connectivity index (χ1n) is 4.22. The van der Waals surface area contributed by atoms with Gasteiger partial charge >= 0.3 is 0 Å². The molecule has 0 radical (unpaired) electrons. The zero-order valence-corrected chi connectivity index (χ0v) is 9.08. The number of hydrogen-bond donors (Lipinski definition) is 0. The van der Waals surface area contributed by atoms with Gasteiger partial charge in [0, 0.05) is 12.3 Å².